The van der Waals surface area contributed by atoms with E-state index in [1.807, 2.05) is 13.1 Å². The van der Waals surface area contributed by atoms with Gasteiger partial charge < -0.3 is 10.2 Å². The standard InChI is InChI=1S/C16H26N6S/c1-5-17-16(22(4)10-15-11-23-13(3)20-15)18-8-6-7-14-9-19-21-12(14)2/h9,11H,5-8,10H2,1-4H3,(H,17,18)(H,19,21). The number of H-pyrrole nitrogens is 1. The Labute approximate surface area is 142 Å². The summed E-state index contributed by atoms with van der Waals surface area (Å²) in [5.74, 6) is 0.932. The lowest BCUT2D eigenvalue weighted by atomic mass is 10.1. The van der Waals surface area contributed by atoms with Gasteiger partial charge in [0.05, 0.1) is 23.4 Å². The Bertz CT molecular complexity index is 630. The summed E-state index contributed by atoms with van der Waals surface area (Å²) >= 11 is 1.69. The lowest BCUT2D eigenvalue weighted by Gasteiger charge is -2.21. The van der Waals surface area contributed by atoms with E-state index in [2.05, 4.69) is 51.7 Å². The van der Waals surface area contributed by atoms with Crippen molar-refractivity contribution in [1.82, 2.24) is 25.4 Å². The molecule has 0 aliphatic rings. The minimum Gasteiger partial charge on any atom is -0.357 e. The van der Waals surface area contributed by atoms with E-state index in [-0.39, 0.29) is 0 Å². The molecular weight excluding hydrogens is 308 g/mol. The third kappa shape index (κ3) is 5.35. The van der Waals surface area contributed by atoms with Crippen LogP contribution in [-0.2, 0) is 13.0 Å². The maximum atomic E-state index is 4.72. The summed E-state index contributed by atoms with van der Waals surface area (Å²) in [5.41, 5.74) is 3.52. The Balaban J connectivity index is 1.87. The zero-order chi connectivity index (χ0) is 16.7. The van der Waals surface area contributed by atoms with Gasteiger partial charge in [-0.05, 0) is 39.2 Å². The van der Waals surface area contributed by atoms with Crippen molar-refractivity contribution in [2.45, 2.75) is 40.2 Å². The number of aliphatic imine (C=N–C) groups is 1. The summed E-state index contributed by atoms with van der Waals surface area (Å²) in [4.78, 5) is 11.4. The van der Waals surface area contributed by atoms with Crippen LogP contribution in [0.15, 0.2) is 16.6 Å². The van der Waals surface area contributed by atoms with E-state index in [0.29, 0.717) is 0 Å². The first-order chi connectivity index (χ1) is 11.1. The molecule has 0 aromatic carbocycles. The number of hydrogen-bond donors (Lipinski definition) is 2. The highest BCUT2D eigenvalue weighted by atomic mass is 32.1. The molecule has 0 fully saturated rings. The third-order valence-corrected chi connectivity index (χ3v) is 4.38. The van der Waals surface area contributed by atoms with Gasteiger partial charge in [-0.1, -0.05) is 0 Å². The Morgan fingerprint density at radius 3 is 2.87 bits per heavy atom. The number of aryl methyl sites for hydroxylation is 3. The van der Waals surface area contributed by atoms with Gasteiger partial charge in [0, 0.05) is 31.2 Å². The van der Waals surface area contributed by atoms with E-state index >= 15 is 0 Å². The van der Waals surface area contributed by atoms with Crippen LogP contribution in [-0.4, -0.2) is 46.2 Å². The number of hydrogen-bond acceptors (Lipinski definition) is 4. The van der Waals surface area contributed by atoms with Crippen molar-refractivity contribution in [3.8, 4) is 0 Å². The van der Waals surface area contributed by atoms with Crippen molar-refractivity contribution < 1.29 is 0 Å². The normalized spacial score (nSPS) is 11.7. The van der Waals surface area contributed by atoms with Crippen LogP contribution in [0, 0.1) is 13.8 Å². The largest absolute Gasteiger partial charge is 0.357 e. The van der Waals surface area contributed by atoms with Crippen LogP contribution in [0.5, 0.6) is 0 Å². The molecule has 0 atom stereocenters. The highest BCUT2D eigenvalue weighted by Gasteiger charge is 2.08. The van der Waals surface area contributed by atoms with Crippen LogP contribution in [0.4, 0.5) is 0 Å². The van der Waals surface area contributed by atoms with E-state index in [9.17, 15) is 0 Å². The summed E-state index contributed by atoms with van der Waals surface area (Å²) in [7, 11) is 2.05. The molecule has 2 N–H and O–H groups in total. The van der Waals surface area contributed by atoms with Gasteiger partial charge in [0.2, 0.25) is 0 Å². The molecule has 126 valence electrons. The summed E-state index contributed by atoms with van der Waals surface area (Å²) in [6.45, 7) is 8.61. The SMILES string of the molecule is CCNC(=NCCCc1cn[nH]c1C)N(C)Cc1csc(C)n1. The van der Waals surface area contributed by atoms with Crippen molar-refractivity contribution in [3.05, 3.63) is 33.5 Å². The van der Waals surface area contributed by atoms with Gasteiger partial charge in [0.15, 0.2) is 5.96 Å². The zero-order valence-electron chi connectivity index (χ0n) is 14.4. The van der Waals surface area contributed by atoms with Crippen LogP contribution in [0.1, 0.15) is 35.3 Å². The second-order valence-corrected chi connectivity index (χ2v) is 6.64. The van der Waals surface area contributed by atoms with Crippen LogP contribution in [0.2, 0.25) is 0 Å². The molecule has 0 radical (unpaired) electrons. The Kier molecular flexibility index (Phi) is 6.58. The zero-order valence-corrected chi connectivity index (χ0v) is 15.2. The monoisotopic (exact) mass is 334 g/mol. The third-order valence-electron chi connectivity index (χ3n) is 3.56. The number of aromatic amines is 1. The molecule has 0 spiro atoms. The van der Waals surface area contributed by atoms with Crippen LogP contribution < -0.4 is 5.32 Å². The van der Waals surface area contributed by atoms with Crippen molar-refractivity contribution in [2.24, 2.45) is 4.99 Å². The predicted octanol–water partition coefficient (Wildman–Crippen LogP) is 2.51. The molecule has 0 amide bonds. The highest BCUT2D eigenvalue weighted by Crippen LogP contribution is 2.10. The first-order valence-electron chi connectivity index (χ1n) is 7.99. The van der Waals surface area contributed by atoms with Crippen molar-refractivity contribution in [3.63, 3.8) is 0 Å². The number of rotatable bonds is 7. The minimum atomic E-state index is 0.775. The molecule has 0 aliphatic heterocycles. The fraction of sp³-hybridized carbons (Fsp3) is 0.562. The van der Waals surface area contributed by atoms with Gasteiger partial charge >= 0.3 is 0 Å². The summed E-state index contributed by atoms with van der Waals surface area (Å²) in [5, 5.41) is 13.6. The quantitative estimate of drug-likeness (QED) is 0.464. The van der Waals surface area contributed by atoms with Crippen molar-refractivity contribution in [1.29, 1.82) is 0 Å². The first-order valence-corrected chi connectivity index (χ1v) is 8.87. The molecule has 0 bridgehead atoms. The molecule has 0 aliphatic carbocycles. The van der Waals surface area contributed by atoms with E-state index in [1.54, 1.807) is 11.3 Å². The second kappa shape index (κ2) is 8.67. The highest BCUT2D eigenvalue weighted by molar-refractivity contribution is 7.09. The lowest BCUT2D eigenvalue weighted by Crippen LogP contribution is -2.38. The number of nitrogens with zero attached hydrogens (tertiary/aromatic N) is 4. The van der Waals surface area contributed by atoms with Gasteiger partial charge in [0.1, 0.15) is 0 Å². The van der Waals surface area contributed by atoms with Crippen LogP contribution in [0.3, 0.4) is 0 Å². The molecule has 0 unspecified atom stereocenters. The molecule has 6 nitrogen and oxygen atoms in total. The van der Waals surface area contributed by atoms with Gasteiger partial charge in [-0.2, -0.15) is 5.10 Å². The number of thiazole rings is 1. The fourth-order valence-corrected chi connectivity index (χ4v) is 2.95. The van der Waals surface area contributed by atoms with Gasteiger partial charge in [0.25, 0.3) is 0 Å². The van der Waals surface area contributed by atoms with Crippen molar-refractivity contribution in [2.75, 3.05) is 20.1 Å². The van der Waals surface area contributed by atoms with Crippen LogP contribution >= 0.6 is 11.3 Å². The fourth-order valence-electron chi connectivity index (χ4n) is 2.35. The Morgan fingerprint density at radius 2 is 2.26 bits per heavy atom. The molecule has 2 heterocycles. The van der Waals surface area contributed by atoms with Gasteiger partial charge in [-0.25, -0.2) is 4.98 Å². The molecule has 2 aromatic heterocycles. The van der Waals surface area contributed by atoms with Crippen LogP contribution in [0.25, 0.3) is 0 Å². The smallest absolute Gasteiger partial charge is 0.194 e. The molecule has 2 aromatic rings. The number of nitrogens with one attached hydrogen (secondary N) is 2. The molecule has 7 heteroatoms. The summed E-state index contributed by atoms with van der Waals surface area (Å²) in [6, 6.07) is 0. The predicted molar refractivity (Wildman–Crippen MR) is 95.9 cm³/mol. The maximum absolute atomic E-state index is 4.72. The van der Waals surface area contributed by atoms with E-state index in [1.165, 1.54) is 5.56 Å². The van der Waals surface area contributed by atoms with Crippen molar-refractivity contribution >= 4 is 17.3 Å². The number of guanidine groups is 1. The first kappa shape index (κ1) is 17.5. The molecule has 2 rings (SSSR count). The molecule has 23 heavy (non-hydrogen) atoms. The minimum absolute atomic E-state index is 0.775. The Morgan fingerprint density at radius 1 is 1.43 bits per heavy atom. The maximum Gasteiger partial charge on any atom is 0.194 e. The average molecular weight is 334 g/mol. The molecule has 0 saturated carbocycles. The average Bonchev–Trinajstić information content (AvgIpc) is 3.11. The van der Waals surface area contributed by atoms with E-state index < -0.39 is 0 Å². The van der Waals surface area contributed by atoms with E-state index in [4.69, 9.17) is 4.99 Å². The topological polar surface area (TPSA) is 69.2 Å². The van der Waals surface area contributed by atoms with E-state index in [0.717, 1.165) is 54.8 Å². The molecular formula is C16H26N6S. The number of aromatic nitrogens is 3. The Hall–Kier alpha value is -1.89. The van der Waals surface area contributed by atoms with Gasteiger partial charge in [-0.15, -0.1) is 11.3 Å². The van der Waals surface area contributed by atoms with Gasteiger partial charge in [-0.3, -0.25) is 10.1 Å². The molecule has 0 saturated heterocycles. The second-order valence-electron chi connectivity index (χ2n) is 5.57. The lowest BCUT2D eigenvalue weighted by molar-refractivity contribution is 0.470. The summed E-state index contributed by atoms with van der Waals surface area (Å²) < 4.78 is 0. The summed E-state index contributed by atoms with van der Waals surface area (Å²) in [6.07, 6.45) is 3.92.